The summed E-state index contributed by atoms with van der Waals surface area (Å²) in [6.45, 7) is 9.54. The third kappa shape index (κ3) is 25.5. The fourth-order valence-electron chi connectivity index (χ4n) is 0.433. The number of nitrogens with one attached hydrogen (secondary N) is 1. The van der Waals surface area contributed by atoms with E-state index in [1.54, 1.807) is 0 Å². The van der Waals surface area contributed by atoms with Crippen molar-refractivity contribution in [2.24, 2.45) is 0 Å². The van der Waals surface area contributed by atoms with Crippen molar-refractivity contribution in [3.05, 3.63) is 0 Å². The van der Waals surface area contributed by atoms with E-state index in [2.05, 4.69) is 49.3 Å². The van der Waals surface area contributed by atoms with E-state index < -0.39 is 0 Å². The predicted molar refractivity (Wildman–Crippen MR) is 56.6 cm³/mol. The average Bonchev–Trinajstić information content (AvgIpc) is 1.90. The second-order valence-electron chi connectivity index (χ2n) is 1.92. The molecule has 4 heteroatoms. The summed E-state index contributed by atoms with van der Waals surface area (Å²) in [7, 11) is 0. The Hall–Kier alpha value is 0.0700. The van der Waals surface area contributed by atoms with Gasteiger partial charge in [0.05, 0.1) is 13.1 Å². The quantitative estimate of drug-likeness (QED) is 0.490. The maximum absolute atomic E-state index is 4.50. The maximum atomic E-state index is 4.50. The molecule has 0 saturated carbocycles. The van der Waals surface area contributed by atoms with E-state index in [0.717, 1.165) is 6.54 Å². The van der Waals surface area contributed by atoms with Crippen molar-refractivity contribution in [2.45, 2.75) is 20.8 Å². The summed E-state index contributed by atoms with van der Waals surface area (Å²) < 4.78 is 0.456. The van der Waals surface area contributed by atoms with E-state index in [9.17, 15) is 0 Å². The van der Waals surface area contributed by atoms with Crippen LogP contribution in [0.25, 0.3) is 0 Å². The van der Waals surface area contributed by atoms with Crippen LogP contribution in [-0.2, 0) is 12.6 Å². The molecule has 0 fully saturated rings. The van der Waals surface area contributed by atoms with Crippen molar-refractivity contribution < 1.29 is 5.32 Å². The molecule has 0 aliphatic heterocycles. The van der Waals surface area contributed by atoms with Crippen LogP contribution in [0.4, 0.5) is 0 Å². The van der Waals surface area contributed by atoms with Gasteiger partial charge in [-0.3, -0.25) is 0 Å². The fourth-order valence-corrected chi connectivity index (χ4v) is 0.722. The van der Waals surface area contributed by atoms with Gasteiger partial charge in [-0.2, -0.15) is 0 Å². The van der Waals surface area contributed by atoms with Crippen LogP contribution in [0, 0.1) is 0 Å². The highest BCUT2D eigenvalue weighted by Crippen LogP contribution is 1.60. The first-order chi connectivity index (χ1) is 5.18. The summed E-state index contributed by atoms with van der Waals surface area (Å²) >= 11 is 9.00. The summed E-state index contributed by atoms with van der Waals surface area (Å²) in [6, 6.07) is 0. The number of thiocarbonyl (C=S) groups is 1. The lowest BCUT2D eigenvalue weighted by Crippen LogP contribution is -2.82. The first-order valence-corrected chi connectivity index (χ1v) is 4.77. The van der Waals surface area contributed by atoms with Crippen LogP contribution < -0.4 is 10.6 Å². The molecule has 0 aromatic heterocycles. The molecule has 0 saturated heterocycles. The molecular formula is C7H18N2S2. The molecule has 3 N–H and O–H groups in total. The van der Waals surface area contributed by atoms with Crippen molar-refractivity contribution in [3.8, 4) is 0 Å². The molecule has 0 atom stereocenters. The average molecular weight is 194 g/mol. The van der Waals surface area contributed by atoms with Crippen LogP contribution in [0.5, 0.6) is 0 Å². The molecule has 0 unspecified atom stereocenters. The van der Waals surface area contributed by atoms with Gasteiger partial charge in [-0.15, -0.1) is 0 Å². The zero-order chi connectivity index (χ0) is 9.11. The van der Waals surface area contributed by atoms with E-state index in [4.69, 9.17) is 0 Å². The Morgan fingerprint density at radius 2 is 1.82 bits per heavy atom. The van der Waals surface area contributed by atoms with Crippen molar-refractivity contribution >= 4 is 29.2 Å². The topological polar surface area (TPSA) is 28.6 Å². The molecule has 0 spiro atoms. The first-order valence-electron chi connectivity index (χ1n) is 3.95. The molecule has 0 radical (unpaired) electrons. The SMILES string of the molecule is CCNC(=S)[S-].CC[NH2+]CC. The van der Waals surface area contributed by atoms with E-state index in [-0.39, 0.29) is 0 Å². The van der Waals surface area contributed by atoms with Gasteiger partial charge in [-0.25, -0.2) is 0 Å². The van der Waals surface area contributed by atoms with Crippen LogP contribution in [0.2, 0.25) is 0 Å². The fraction of sp³-hybridized carbons (Fsp3) is 0.857. The smallest absolute Gasteiger partial charge is 0.0726 e. The van der Waals surface area contributed by atoms with Crippen LogP contribution in [0.1, 0.15) is 20.8 Å². The Balaban J connectivity index is 0. The molecule has 0 heterocycles. The molecular weight excluding hydrogens is 176 g/mol. The highest BCUT2D eigenvalue weighted by molar-refractivity contribution is 8.00. The molecule has 0 aliphatic rings. The normalized spacial score (nSPS) is 7.91. The molecule has 0 aromatic carbocycles. The molecule has 0 aliphatic carbocycles. The minimum Gasteiger partial charge on any atom is -0.412 e. The van der Waals surface area contributed by atoms with E-state index in [0.29, 0.717) is 4.32 Å². The lowest BCUT2D eigenvalue weighted by atomic mass is 10.7. The highest BCUT2D eigenvalue weighted by Gasteiger charge is 1.67. The third-order valence-corrected chi connectivity index (χ3v) is 1.19. The minimum absolute atomic E-state index is 0.456. The van der Waals surface area contributed by atoms with Gasteiger partial charge in [-0.1, -0.05) is 4.32 Å². The third-order valence-electron chi connectivity index (χ3n) is 0.898. The van der Waals surface area contributed by atoms with Gasteiger partial charge in [-0.05, 0) is 20.8 Å². The second kappa shape index (κ2) is 12.7. The molecule has 0 bridgehead atoms. The standard InChI is InChI=1S/C4H11N.C3H7NS2/c1-3-5-4-2;1-2-4-3(5)6/h5H,3-4H2,1-2H3;2H2,1H3,(H2,4,5,6). The summed E-state index contributed by atoms with van der Waals surface area (Å²) in [5.41, 5.74) is 0. The van der Waals surface area contributed by atoms with Gasteiger partial charge in [0.2, 0.25) is 0 Å². The molecule has 0 rings (SSSR count). The zero-order valence-electron chi connectivity index (χ0n) is 7.52. The molecule has 2 nitrogen and oxygen atoms in total. The van der Waals surface area contributed by atoms with Crippen LogP contribution in [0.15, 0.2) is 0 Å². The first kappa shape index (κ1) is 13.6. The Bertz CT molecular complexity index is 84.5. The minimum atomic E-state index is 0.456. The van der Waals surface area contributed by atoms with Gasteiger partial charge < -0.3 is 35.5 Å². The predicted octanol–water partition coefficient (Wildman–Crippen LogP) is 0.0173. The van der Waals surface area contributed by atoms with Gasteiger partial charge in [0.15, 0.2) is 0 Å². The van der Waals surface area contributed by atoms with Crippen molar-refractivity contribution in [1.82, 2.24) is 5.32 Å². The van der Waals surface area contributed by atoms with Crippen molar-refractivity contribution in [3.63, 3.8) is 0 Å². The molecule has 68 valence electrons. The monoisotopic (exact) mass is 194 g/mol. The Morgan fingerprint density at radius 1 is 1.36 bits per heavy atom. The van der Waals surface area contributed by atoms with E-state index >= 15 is 0 Å². The number of quaternary nitrogens is 1. The van der Waals surface area contributed by atoms with Gasteiger partial charge in [0, 0.05) is 6.54 Å². The van der Waals surface area contributed by atoms with Crippen LogP contribution in [0.3, 0.4) is 0 Å². The zero-order valence-corrected chi connectivity index (χ0v) is 9.15. The summed E-state index contributed by atoms with van der Waals surface area (Å²) in [4.78, 5) is 0. The number of nitrogens with two attached hydrogens (primary N) is 1. The van der Waals surface area contributed by atoms with Gasteiger partial charge >= 0.3 is 0 Å². The molecule has 0 amide bonds. The number of hydrogen-bond acceptors (Lipinski definition) is 2. The summed E-state index contributed by atoms with van der Waals surface area (Å²) in [5, 5.41) is 5.00. The van der Waals surface area contributed by atoms with Crippen molar-refractivity contribution in [1.29, 1.82) is 0 Å². The number of hydrogen-bond donors (Lipinski definition) is 2. The summed E-state index contributed by atoms with van der Waals surface area (Å²) in [6.07, 6.45) is 0. The summed E-state index contributed by atoms with van der Waals surface area (Å²) in [5.74, 6) is 0. The van der Waals surface area contributed by atoms with E-state index in [1.807, 2.05) is 6.92 Å². The second-order valence-corrected chi connectivity index (χ2v) is 3.00. The lowest BCUT2D eigenvalue weighted by Gasteiger charge is -2.03. The largest absolute Gasteiger partial charge is 0.412 e. The Labute approximate surface area is 80.5 Å². The van der Waals surface area contributed by atoms with Gasteiger partial charge in [0.25, 0.3) is 0 Å². The Morgan fingerprint density at radius 3 is 1.82 bits per heavy atom. The van der Waals surface area contributed by atoms with Gasteiger partial charge in [0.1, 0.15) is 0 Å². The Kier molecular flexibility index (Phi) is 15.8. The molecule has 11 heavy (non-hydrogen) atoms. The number of rotatable bonds is 3. The highest BCUT2D eigenvalue weighted by atomic mass is 32.1. The van der Waals surface area contributed by atoms with Crippen molar-refractivity contribution in [2.75, 3.05) is 19.6 Å². The molecule has 0 aromatic rings. The van der Waals surface area contributed by atoms with E-state index in [1.165, 1.54) is 13.1 Å². The maximum Gasteiger partial charge on any atom is 0.0726 e. The van der Waals surface area contributed by atoms with Crippen LogP contribution in [-0.4, -0.2) is 24.0 Å². The van der Waals surface area contributed by atoms with Crippen LogP contribution >= 0.6 is 12.2 Å². The lowest BCUT2D eigenvalue weighted by molar-refractivity contribution is -0.648.